The molecular weight excluding hydrogens is 338 g/mol. The molecule has 0 saturated carbocycles. The molecule has 2 aromatic rings. The third-order valence-corrected chi connectivity index (χ3v) is 6.12. The summed E-state index contributed by atoms with van der Waals surface area (Å²) >= 11 is 11.7. The molecule has 1 atom stereocenters. The maximum absolute atomic E-state index is 13.5. The van der Waals surface area contributed by atoms with Crippen LogP contribution in [-0.4, -0.2) is 29.5 Å². The molecule has 0 amide bonds. The van der Waals surface area contributed by atoms with E-state index in [1.165, 1.54) is 12.1 Å². The highest BCUT2D eigenvalue weighted by atomic mass is 35.5. The second-order valence-electron chi connectivity index (χ2n) is 5.30. The van der Waals surface area contributed by atoms with Gasteiger partial charge in [-0.1, -0.05) is 11.6 Å². The Kier molecular flexibility index (Phi) is 3.88. The van der Waals surface area contributed by atoms with Crippen LogP contribution in [0.25, 0.3) is 11.0 Å². The van der Waals surface area contributed by atoms with Gasteiger partial charge in [0.15, 0.2) is 9.84 Å². The van der Waals surface area contributed by atoms with Crippen LogP contribution in [0.3, 0.4) is 0 Å². The van der Waals surface area contributed by atoms with E-state index in [4.69, 9.17) is 23.2 Å². The van der Waals surface area contributed by atoms with E-state index < -0.39 is 15.7 Å². The lowest BCUT2D eigenvalue weighted by atomic mass is 10.1. The number of halogens is 3. The lowest BCUT2D eigenvalue weighted by molar-refractivity contribution is 0.490. The van der Waals surface area contributed by atoms with Crippen LogP contribution in [0, 0.1) is 11.7 Å². The van der Waals surface area contributed by atoms with Crippen molar-refractivity contribution in [1.82, 2.24) is 9.55 Å². The largest absolute Gasteiger partial charge is 0.327 e. The first-order chi connectivity index (χ1) is 9.89. The molecule has 1 aromatic carbocycles. The second kappa shape index (κ2) is 5.41. The second-order valence-corrected chi connectivity index (χ2v) is 8.20. The minimum absolute atomic E-state index is 0.0174. The summed E-state index contributed by atoms with van der Waals surface area (Å²) in [4.78, 5) is 4.29. The van der Waals surface area contributed by atoms with Crippen LogP contribution in [0.4, 0.5) is 4.39 Å². The van der Waals surface area contributed by atoms with Gasteiger partial charge >= 0.3 is 0 Å². The van der Waals surface area contributed by atoms with Crippen molar-refractivity contribution >= 4 is 44.1 Å². The fraction of sp³-hybridized carbons (Fsp3) is 0.462. The number of fused-ring (bicyclic) bond motifs is 1. The van der Waals surface area contributed by atoms with E-state index in [1.54, 1.807) is 0 Å². The monoisotopic (exact) mass is 350 g/mol. The molecule has 1 aliphatic rings. The van der Waals surface area contributed by atoms with E-state index in [0.717, 1.165) is 0 Å². The number of aromatic nitrogens is 2. The van der Waals surface area contributed by atoms with Crippen molar-refractivity contribution in [2.75, 3.05) is 11.5 Å². The van der Waals surface area contributed by atoms with Gasteiger partial charge in [-0.3, -0.25) is 0 Å². The first-order valence-electron chi connectivity index (χ1n) is 6.50. The summed E-state index contributed by atoms with van der Waals surface area (Å²) < 4.78 is 38.5. The van der Waals surface area contributed by atoms with Crippen molar-refractivity contribution in [3.63, 3.8) is 0 Å². The van der Waals surface area contributed by atoms with Gasteiger partial charge in [0.1, 0.15) is 11.6 Å². The van der Waals surface area contributed by atoms with Crippen LogP contribution in [0.1, 0.15) is 12.2 Å². The van der Waals surface area contributed by atoms with Gasteiger partial charge in [0.2, 0.25) is 0 Å². The van der Waals surface area contributed by atoms with Crippen LogP contribution in [0.2, 0.25) is 5.02 Å². The van der Waals surface area contributed by atoms with Crippen molar-refractivity contribution in [3.8, 4) is 0 Å². The van der Waals surface area contributed by atoms with Gasteiger partial charge in [0.25, 0.3) is 0 Å². The van der Waals surface area contributed by atoms with Gasteiger partial charge in [0.05, 0.1) is 33.4 Å². The Labute approximate surface area is 131 Å². The number of sulfone groups is 1. The summed E-state index contributed by atoms with van der Waals surface area (Å²) in [7, 11) is -2.94. The van der Waals surface area contributed by atoms with E-state index >= 15 is 0 Å². The van der Waals surface area contributed by atoms with Crippen molar-refractivity contribution in [2.24, 2.45) is 5.92 Å². The number of hydrogen-bond donors (Lipinski definition) is 0. The molecule has 0 radical (unpaired) electrons. The summed E-state index contributed by atoms with van der Waals surface area (Å²) in [5.41, 5.74) is 1.16. The number of alkyl halides is 1. The molecule has 114 valence electrons. The highest BCUT2D eigenvalue weighted by molar-refractivity contribution is 7.91. The van der Waals surface area contributed by atoms with E-state index in [2.05, 4.69) is 4.98 Å². The maximum atomic E-state index is 13.5. The highest BCUT2D eigenvalue weighted by Gasteiger charge is 2.29. The smallest absolute Gasteiger partial charge is 0.150 e. The van der Waals surface area contributed by atoms with Crippen LogP contribution in [0.5, 0.6) is 0 Å². The zero-order chi connectivity index (χ0) is 15.2. The first-order valence-corrected chi connectivity index (χ1v) is 9.23. The Morgan fingerprint density at radius 3 is 2.81 bits per heavy atom. The van der Waals surface area contributed by atoms with Gasteiger partial charge in [-0.15, -0.1) is 11.6 Å². The van der Waals surface area contributed by atoms with Crippen molar-refractivity contribution in [2.45, 2.75) is 18.8 Å². The molecule has 0 aliphatic carbocycles. The minimum Gasteiger partial charge on any atom is -0.327 e. The topological polar surface area (TPSA) is 52.0 Å². The molecule has 4 nitrogen and oxygen atoms in total. The average molecular weight is 351 g/mol. The molecule has 21 heavy (non-hydrogen) atoms. The van der Waals surface area contributed by atoms with Gasteiger partial charge in [-0.2, -0.15) is 0 Å². The van der Waals surface area contributed by atoms with Gasteiger partial charge in [-0.05, 0) is 18.4 Å². The van der Waals surface area contributed by atoms with E-state index in [-0.39, 0.29) is 28.3 Å². The molecule has 3 rings (SSSR count). The SMILES string of the molecule is O=S1(=O)CCC(Cn2c(CCl)nc3cc(F)c(Cl)cc32)C1. The Morgan fingerprint density at radius 2 is 2.19 bits per heavy atom. The number of nitrogens with zero attached hydrogens (tertiary/aromatic N) is 2. The maximum Gasteiger partial charge on any atom is 0.150 e. The Hall–Kier alpha value is -0.850. The lowest BCUT2D eigenvalue weighted by Gasteiger charge is -2.12. The highest BCUT2D eigenvalue weighted by Crippen LogP contribution is 2.27. The average Bonchev–Trinajstić information content (AvgIpc) is 2.92. The predicted octanol–water partition coefficient (Wildman–Crippen LogP) is 3.00. The zero-order valence-corrected chi connectivity index (χ0v) is 13.3. The molecule has 2 heterocycles. The third kappa shape index (κ3) is 2.89. The molecule has 0 bridgehead atoms. The molecule has 1 fully saturated rings. The van der Waals surface area contributed by atoms with Crippen molar-refractivity contribution in [1.29, 1.82) is 0 Å². The molecule has 1 saturated heterocycles. The lowest BCUT2D eigenvalue weighted by Crippen LogP contribution is -2.14. The van der Waals surface area contributed by atoms with Crippen LogP contribution in [0.15, 0.2) is 12.1 Å². The number of imidazole rings is 1. The first kappa shape index (κ1) is 15.1. The fourth-order valence-corrected chi connectivity index (χ4v) is 4.96. The van der Waals surface area contributed by atoms with E-state index in [0.29, 0.717) is 29.8 Å². The summed E-state index contributed by atoms with van der Waals surface area (Å²) in [5.74, 6) is 0.654. The van der Waals surface area contributed by atoms with Gasteiger partial charge in [-0.25, -0.2) is 17.8 Å². The predicted molar refractivity (Wildman–Crippen MR) is 81.0 cm³/mol. The molecule has 8 heteroatoms. The summed E-state index contributed by atoms with van der Waals surface area (Å²) in [6.45, 7) is 0.500. The molecule has 0 spiro atoms. The molecule has 1 aromatic heterocycles. The standard InChI is InChI=1S/C13H13Cl2FN2O2S/c14-5-13-17-11-4-10(16)9(15)3-12(11)18(13)6-8-1-2-21(19,20)7-8/h3-4,8H,1-2,5-7H2. The molecule has 0 N–H and O–H groups in total. The Morgan fingerprint density at radius 1 is 1.43 bits per heavy atom. The quantitative estimate of drug-likeness (QED) is 0.799. The van der Waals surface area contributed by atoms with Gasteiger partial charge in [0, 0.05) is 12.6 Å². The fourth-order valence-electron chi connectivity index (χ4n) is 2.75. The summed E-state index contributed by atoms with van der Waals surface area (Å²) in [5, 5.41) is 0.0174. The van der Waals surface area contributed by atoms with Crippen molar-refractivity contribution < 1.29 is 12.8 Å². The third-order valence-electron chi connectivity index (χ3n) is 3.76. The van der Waals surface area contributed by atoms with Crippen LogP contribution < -0.4 is 0 Å². The number of rotatable bonds is 3. The minimum atomic E-state index is -2.94. The van der Waals surface area contributed by atoms with Crippen LogP contribution in [-0.2, 0) is 22.3 Å². The Balaban J connectivity index is 2.02. The molecular formula is C13H13Cl2FN2O2S. The number of benzene rings is 1. The van der Waals surface area contributed by atoms with Crippen LogP contribution >= 0.6 is 23.2 Å². The Bertz CT molecular complexity index is 804. The normalized spacial score (nSPS) is 21.2. The zero-order valence-electron chi connectivity index (χ0n) is 11.0. The molecule has 1 aliphatic heterocycles. The van der Waals surface area contributed by atoms with E-state index in [1.807, 2.05) is 4.57 Å². The number of hydrogen-bond acceptors (Lipinski definition) is 3. The van der Waals surface area contributed by atoms with Gasteiger partial charge < -0.3 is 4.57 Å². The summed E-state index contributed by atoms with van der Waals surface area (Å²) in [6.07, 6.45) is 0.624. The molecule has 1 unspecified atom stereocenters. The summed E-state index contributed by atoms with van der Waals surface area (Å²) in [6, 6.07) is 2.79. The van der Waals surface area contributed by atoms with Crippen molar-refractivity contribution in [3.05, 3.63) is 28.8 Å². The van der Waals surface area contributed by atoms with E-state index in [9.17, 15) is 12.8 Å².